The van der Waals surface area contributed by atoms with Gasteiger partial charge < -0.3 is 4.74 Å². The van der Waals surface area contributed by atoms with Crippen molar-refractivity contribution in [1.29, 1.82) is 0 Å². The number of benzene rings is 1. The van der Waals surface area contributed by atoms with Gasteiger partial charge in [0.25, 0.3) is 0 Å². The van der Waals surface area contributed by atoms with Crippen LogP contribution in [0.3, 0.4) is 0 Å². The molecule has 1 unspecified atom stereocenters. The van der Waals surface area contributed by atoms with Gasteiger partial charge >= 0.3 is 0 Å². The molecule has 1 nitrogen and oxygen atoms in total. The summed E-state index contributed by atoms with van der Waals surface area (Å²) in [4.78, 5) is 0. The van der Waals surface area contributed by atoms with Gasteiger partial charge in [0.1, 0.15) is 5.75 Å². The fourth-order valence-corrected chi connectivity index (χ4v) is 3.55. The average molecular weight is 339 g/mol. The fraction of sp³-hybridized carbons (Fsp3) is 0.714. The molecule has 1 rings (SSSR count). The van der Waals surface area contributed by atoms with Crippen LogP contribution in [0, 0.1) is 6.92 Å². The minimum Gasteiger partial charge on any atom is -0.496 e. The smallest absolute Gasteiger partial charge is 0.122 e. The summed E-state index contributed by atoms with van der Waals surface area (Å²) in [6, 6.07) is 6.17. The third-order valence-electron chi connectivity index (χ3n) is 4.69. The van der Waals surface area contributed by atoms with Crippen molar-refractivity contribution in [3.05, 3.63) is 29.3 Å². The molecule has 1 aromatic carbocycles. The van der Waals surface area contributed by atoms with E-state index < -0.39 is 0 Å². The summed E-state index contributed by atoms with van der Waals surface area (Å²) >= 11 is 6.60. The van der Waals surface area contributed by atoms with Gasteiger partial charge in [0.15, 0.2) is 0 Å². The second-order valence-corrected chi connectivity index (χ2v) is 7.14. The Morgan fingerprint density at radius 2 is 1.48 bits per heavy atom. The Labute approximate surface area is 148 Å². The van der Waals surface area contributed by atoms with Crippen molar-refractivity contribution in [3.63, 3.8) is 0 Å². The van der Waals surface area contributed by atoms with Gasteiger partial charge in [-0.2, -0.15) is 0 Å². The lowest BCUT2D eigenvalue weighted by molar-refractivity contribution is 0.410. The van der Waals surface area contributed by atoms with Crippen molar-refractivity contribution in [2.45, 2.75) is 89.9 Å². The number of halogens is 1. The molecule has 132 valence electrons. The van der Waals surface area contributed by atoms with Crippen LogP contribution in [0.5, 0.6) is 5.75 Å². The highest BCUT2D eigenvalue weighted by atomic mass is 35.5. The molecule has 0 aliphatic heterocycles. The Hall–Kier alpha value is -0.690. The molecule has 23 heavy (non-hydrogen) atoms. The molecule has 0 aromatic heterocycles. The largest absolute Gasteiger partial charge is 0.496 e. The molecule has 1 aromatic rings. The summed E-state index contributed by atoms with van der Waals surface area (Å²) < 4.78 is 5.38. The standard InChI is InChI=1S/C21H35ClO/c1-4-5-6-7-8-9-10-11-12-13-16-20(22)19-15-14-17-21(23-3)18(19)2/h14-15,17,20H,4-13,16H2,1-3H3. The number of ether oxygens (including phenoxy) is 1. The van der Waals surface area contributed by atoms with Gasteiger partial charge in [0, 0.05) is 0 Å². The molecule has 0 fully saturated rings. The molecule has 1 atom stereocenters. The summed E-state index contributed by atoms with van der Waals surface area (Å²) in [6.07, 6.45) is 14.7. The Bertz CT molecular complexity index is 416. The van der Waals surface area contributed by atoms with E-state index in [-0.39, 0.29) is 5.38 Å². The lowest BCUT2D eigenvalue weighted by Crippen LogP contribution is -1.97. The zero-order valence-electron chi connectivity index (χ0n) is 15.4. The summed E-state index contributed by atoms with van der Waals surface area (Å²) in [5.74, 6) is 0.941. The highest BCUT2D eigenvalue weighted by molar-refractivity contribution is 6.20. The number of hydrogen-bond acceptors (Lipinski definition) is 1. The summed E-state index contributed by atoms with van der Waals surface area (Å²) in [5.41, 5.74) is 2.41. The van der Waals surface area contributed by atoms with E-state index in [1.165, 1.54) is 75.3 Å². The quantitative estimate of drug-likeness (QED) is 0.266. The molecule has 0 saturated carbocycles. The topological polar surface area (TPSA) is 9.23 Å². The number of unbranched alkanes of at least 4 members (excludes halogenated alkanes) is 9. The van der Waals surface area contributed by atoms with Gasteiger partial charge in [-0.1, -0.05) is 83.3 Å². The maximum absolute atomic E-state index is 6.60. The maximum Gasteiger partial charge on any atom is 0.122 e. The monoisotopic (exact) mass is 338 g/mol. The van der Waals surface area contributed by atoms with Crippen molar-refractivity contribution in [2.75, 3.05) is 7.11 Å². The first-order chi connectivity index (χ1) is 11.2. The molecule has 2 heteroatoms. The van der Waals surface area contributed by atoms with Gasteiger partial charge in [-0.05, 0) is 30.5 Å². The van der Waals surface area contributed by atoms with E-state index in [1.807, 2.05) is 12.1 Å². The van der Waals surface area contributed by atoms with Crippen molar-refractivity contribution in [2.24, 2.45) is 0 Å². The summed E-state index contributed by atoms with van der Waals surface area (Å²) in [6.45, 7) is 4.37. The number of rotatable bonds is 13. The second kappa shape index (κ2) is 12.7. The van der Waals surface area contributed by atoms with Crippen LogP contribution in [0.1, 0.15) is 94.1 Å². The summed E-state index contributed by atoms with van der Waals surface area (Å²) in [5, 5.41) is 0.110. The zero-order chi connectivity index (χ0) is 16.9. The van der Waals surface area contributed by atoms with Crippen LogP contribution in [-0.2, 0) is 0 Å². The molecule has 0 aliphatic rings. The molecule has 0 spiro atoms. The molecular formula is C21H35ClO. The Kier molecular flexibility index (Phi) is 11.2. The minimum atomic E-state index is 0.110. The van der Waals surface area contributed by atoms with Crippen LogP contribution in [0.4, 0.5) is 0 Å². The highest BCUT2D eigenvalue weighted by Crippen LogP contribution is 2.33. The molecule has 0 heterocycles. The third-order valence-corrected chi connectivity index (χ3v) is 5.15. The first-order valence-electron chi connectivity index (χ1n) is 9.48. The van der Waals surface area contributed by atoms with Gasteiger partial charge in [-0.15, -0.1) is 11.6 Å². The lowest BCUT2D eigenvalue weighted by Gasteiger charge is -2.15. The normalized spacial score (nSPS) is 12.3. The van der Waals surface area contributed by atoms with Crippen molar-refractivity contribution in [3.8, 4) is 5.75 Å². The van der Waals surface area contributed by atoms with Crippen LogP contribution < -0.4 is 4.74 Å². The van der Waals surface area contributed by atoms with E-state index >= 15 is 0 Å². The maximum atomic E-state index is 6.60. The first-order valence-corrected chi connectivity index (χ1v) is 9.92. The number of alkyl halides is 1. The van der Waals surface area contributed by atoms with Gasteiger partial charge in [-0.3, -0.25) is 0 Å². The van der Waals surface area contributed by atoms with Crippen molar-refractivity contribution >= 4 is 11.6 Å². The van der Waals surface area contributed by atoms with E-state index in [1.54, 1.807) is 7.11 Å². The van der Waals surface area contributed by atoms with Gasteiger partial charge in [0.05, 0.1) is 12.5 Å². The molecule has 0 saturated heterocycles. The first kappa shape index (κ1) is 20.4. The Balaban J connectivity index is 2.12. The molecule has 0 amide bonds. The highest BCUT2D eigenvalue weighted by Gasteiger charge is 2.12. The van der Waals surface area contributed by atoms with Crippen molar-refractivity contribution in [1.82, 2.24) is 0 Å². The van der Waals surface area contributed by atoms with E-state index in [4.69, 9.17) is 16.3 Å². The summed E-state index contributed by atoms with van der Waals surface area (Å²) in [7, 11) is 1.72. The molecular weight excluding hydrogens is 304 g/mol. The molecule has 0 aliphatic carbocycles. The van der Waals surface area contributed by atoms with E-state index in [0.29, 0.717) is 0 Å². The number of methoxy groups -OCH3 is 1. The van der Waals surface area contributed by atoms with Gasteiger partial charge in [-0.25, -0.2) is 0 Å². The van der Waals surface area contributed by atoms with Crippen LogP contribution in [0.15, 0.2) is 18.2 Å². The Morgan fingerprint density at radius 1 is 0.913 bits per heavy atom. The number of hydrogen-bond donors (Lipinski definition) is 0. The van der Waals surface area contributed by atoms with E-state index in [9.17, 15) is 0 Å². The minimum absolute atomic E-state index is 0.110. The van der Waals surface area contributed by atoms with E-state index in [0.717, 1.165) is 12.2 Å². The molecule has 0 N–H and O–H groups in total. The van der Waals surface area contributed by atoms with E-state index in [2.05, 4.69) is 19.9 Å². The average Bonchev–Trinajstić information content (AvgIpc) is 2.56. The van der Waals surface area contributed by atoms with Crippen LogP contribution >= 0.6 is 11.6 Å². The van der Waals surface area contributed by atoms with Crippen LogP contribution in [-0.4, -0.2) is 7.11 Å². The molecule has 0 bridgehead atoms. The second-order valence-electron chi connectivity index (χ2n) is 6.61. The molecule has 0 radical (unpaired) electrons. The predicted molar refractivity (Wildman–Crippen MR) is 103 cm³/mol. The van der Waals surface area contributed by atoms with Crippen molar-refractivity contribution < 1.29 is 4.74 Å². The predicted octanol–water partition coefficient (Wildman–Crippen LogP) is 7.59. The van der Waals surface area contributed by atoms with Gasteiger partial charge in [0.2, 0.25) is 0 Å². The van der Waals surface area contributed by atoms with Crippen LogP contribution in [0.2, 0.25) is 0 Å². The SMILES string of the molecule is CCCCCCCCCCCCC(Cl)c1cccc(OC)c1C. The van der Waals surface area contributed by atoms with Crippen LogP contribution in [0.25, 0.3) is 0 Å². The third kappa shape index (κ3) is 8.11. The lowest BCUT2D eigenvalue weighted by atomic mass is 9.99. The Morgan fingerprint density at radius 3 is 2.04 bits per heavy atom. The zero-order valence-corrected chi connectivity index (χ0v) is 16.1. The fourth-order valence-electron chi connectivity index (χ4n) is 3.16.